The number of rotatable bonds is 2. The number of aromatic amines is 1. The Balaban J connectivity index is 2.17. The Morgan fingerprint density at radius 3 is 2.42 bits per heavy atom. The van der Waals surface area contributed by atoms with Crippen molar-refractivity contribution in [3.8, 4) is 11.4 Å². The molecule has 1 aromatic carbocycles. The van der Waals surface area contributed by atoms with Crippen molar-refractivity contribution in [3.63, 3.8) is 0 Å². The molecule has 0 amide bonds. The van der Waals surface area contributed by atoms with Crippen molar-refractivity contribution in [1.82, 2.24) is 9.97 Å². The van der Waals surface area contributed by atoms with Gasteiger partial charge in [0.2, 0.25) is 0 Å². The van der Waals surface area contributed by atoms with Crippen molar-refractivity contribution in [2.24, 2.45) is 0 Å². The highest BCUT2D eigenvalue weighted by atomic mass is 79.9. The van der Waals surface area contributed by atoms with Crippen LogP contribution in [0.15, 0.2) is 27.5 Å². The number of H-pyrrole nitrogens is 1. The first kappa shape index (κ1) is 12.6. The zero-order chi connectivity index (χ0) is 13.6. The molecule has 3 rings (SSSR count). The summed E-state index contributed by atoms with van der Waals surface area (Å²) in [5.41, 5.74) is 4.13. The number of halogens is 1. The summed E-state index contributed by atoms with van der Waals surface area (Å²) < 4.78 is 0.586. The molecule has 1 fully saturated rings. The van der Waals surface area contributed by atoms with Crippen LogP contribution in [0.1, 0.15) is 35.6 Å². The maximum Gasteiger partial charge on any atom is 0.265 e. The van der Waals surface area contributed by atoms with Crippen LogP contribution in [-0.2, 0) is 0 Å². The van der Waals surface area contributed by atoms with Crippen LogP contribution in [-0.4, -0.2) is 9.97 Å². The topological polar surface area (TPSA) is 45.8 Å². The second kappa shape index (κ2) is 4.60. The molecule has 0 bridgehead atoms. The SMILES string of the molecule is Cc1cc(C)cc(-c2nc(C3CC3)c(Br)c(=O)[nH]2)c1. The minimum Gasteiger partial charge on any atom is -0.306 e. The molecule has 1 aromatic heterocycles. The van der Waals surface area contributed by atoms with Gasteiger partial charge in [0.05, 0.1) is 5.69 Å². The van der Waals surface area contributed by atoms with Gasteiger partial charge < -0.3 is 4.98 Å². The summed E-state index contributed by atoms with van der Waals surface area (Å²) in [5.74, 6) is 1.11. The Hall–Kier alpha value is -1.42. The van der Waals surface area contributed by atoms with Gasteiger partial charge in [-0.1, -0.05) is 17.2 Å². The number of nitrogens with zero attached hydrogens (tertiary/aromatic N) is 1. The number of nitrogens with one attached hydrogen (secondary N) is 1. The molecule has 1 saturated carbocycles. The van der Waals surface area contributed by atoms with Crippen molar-refractivity contribution in [1.29, 1.82) is 0 Å². The molecule has 0 radical (unpaired) electrons. The normalized spacial score (nSPS) is 14.7. The highest BCUT2D eigenvalue weighted by Gasteiger charge is 2.29. The van der Waals surface area contributed by atoms with Crippen molar-refractivity contribution >= 4 is 15.9 Å². The molecule has 1 N–H and O–H groups in total. The Kier molecular flexibility index (Phi) is 3.05. The fourth-order valence-electron chi connectivity index (χ4n) is 2.35. The van der Waals surface area contributed by atoms with E-state index in [0.717, 1.165) is 24.1 Å². The number of hydrogen-bond donors (Lipinski definition) is 1. The van der Waals surface area contributed by atoms with Crippen LogP contribution >= 0.6 is 15.9 Å². The lowest BCUT2D eigenvalue weighted by Crippen LogP contribution is -2.13. The molecule has 4 heteroatoms. The van der Waals surface area contributed by atoms with Crippen LogP contribution < -0.4 is 5.56 Å². The third-order valence-corrected chi connectivity index (χ3v) is 4.11. The average molecular weight is 319 g/mol. The summed E-state index contributed by atoms with van der Waals surface area (Å²) in [7, 11) is 0. The second-order valence-corrected chi connectivity index (χ2v) is 6.06. The van der Waals surface area contributed by atoms with Gasteiger partial charge in [-0.25, -0.2) is 4.98 Å². The molecule has 1 aliphatic carbocycles. The first-order chi connectivity index (χ1) is 9.04. The third-order valence-electron chi connectivity index (χ3n) is 3.35. The van der Waals surface area contributed by atoms with Gasteiger partial charge in [0.1, 0.15) is 10.3 Å². The predicted molar refractivity (Wildman–Crippen MR) is 79.4 cm³/mol. The van der Waals surface area contributed by atoms with Gasteiger partial charge in [0, 0.05) is 11.5 Å². The van der Waals surface area contributed by atoms with Crippen LogP contribution in [0.25, 0.3) is 11.4 Å². The quantitative estimate of drug-likeness (QED) is 0.917. The first-order valence-electron chi connectivity index (χ1n) is 6.43. The van der Waals surface area contributed by atoms with E-state index < -0.39 is 0 Å². The maximum atomic E-state index is 12.0. The monoisotopic (exact) mass is 318 g/mol. The van der Waals surface area contributed by atoms with Crippen molar-refractivity contribution in [2.45, 2.75) is 32.6 Å². The van der Waals surface area contributed by atoms with Crippen molar-refractivity contribution in [3.05, 3.63) is 49.8 Å². The predicted octanol–water partition coefficient (Wildman–Crippen LogP) is 3.69. The summed E-state index contributed by atoms with van der Waals surface area (Å²) >= 11 is 3.35. The van der Waals surface area contributed by atoms with Gasteiger partial charge >= 0.3 is 0 Å². The minimum absolute atomic E-state index is 0.0916. The summed E-state index contributed by atoms with van der Waals surface area (Å²) in [6, 6.07) is 6.22. The molecule has 19 heavy (non-hydrogen) atoms. The van der Waals surface area contributed by atoms with Gasteiger partial charge in [-0.2, -0.15) is 0 Å². The summed E-state index contributed by atoms with van der Waals surface area (Å²) in [6.45, 7) is 4.10. The zero-order valence-corrected chi connectivity index (χ0v) is 12.5. The van der Waals surface area contributed by atoms with E-state index in [-0.39, 0.29) is 5.56 Å². The van der Waals surface area contributed by atoms with Gasteiger partial charge in [-0.15, -0.1) is 0 Å². The zero-order valence-electron chi connectivity index (χ0n) is 11.0. The number of aryl methyl sites for hydroxylation is 2. The lowest BCUT2D eigenvalue weighted by atomic mass is 10.1. The Labute approximate surface area is 120 Å². The molecule has 1 aliphatic rings. The van der Waals surface area contributed by atoms with Crippen LogP contribution in [0.4, 0.5) is 0 Å². The highest BCUT2D eigenvalue weighted by Crippen LogP contribution is 2.41. The lowest BCUT2D eigenvalue weighted by molar-refractivity contribution is 0.959. The number of benzene rings is 1. The fourth-order valence-corrected chi connectivity index (χ4v) is 2.86. The lowest BCUT2D eigenvalue weighted by Gasteiger charge is -2.07. The standard InChI is InChI=1S/C15H15BrN2O/c1-8-5-9(2)7-11(6-8)14-17-13(10-3-4-10)12(16)15(19)18-14/h5-7,10H,3-4H2,1-2H3,(H,17,18,19). The molecule has 0 atom stereocenters. The minimum atomic E-state index is -0.0916. The second-order valence-electron chi connectivity index (χ2n) is 5.26. The average Bonchev–Trinajstić information content (AvgIpc) is 3.15. The molecule has 0 spiro atoms. The summed E-state index contributed by atoms with van der Waals surface area (Å²) in [5, 5.41) is 0. The summed E-state index contributed by atoms with van der Waals surface area (Å²) in [4.78, 5) is 19.5. The molecule has 3 nitrogen and oxygen atoms in total. The molecule has 0 saturated heterocycles. The maximum absolute atomic E-state index is 12.0. The molecular weight excluding hydrogens is 304 g/mol. The fraction of sp³-hybridized carbons (Fsp3) is 0.333. The summed E-state index contributed by atoms with van der Waals surface area (Å²) in [6.07, 6.45) is 2.25. The Morgan fingerprint density at radius 1 is 1.21 bits per heavy atom. The largest absolute Gasteiger partial charge is 0.306 e. The van der Waals surface area contributed by atoms with Crippen LogP contribution in [0, 0.1) is 13.8 Å². The van der Waals surface area contributed by atoms with Gasteiger partial charge in [-0.05, 0) is 54.8 Å². The number of aromatic nitrogens is 2. The number of hydrogen-bond acceptors (Lipinski definition) is 2. The van der Waals surface area contributed by atoms with Gasteiger partial charge in [-0.3, -0.25) is 4.79 Å². The molecule has 98 valence electrons. The van der Waals surface area contributed by atoms with E-state index in [2.05, 4.69) is 57.9 Å². The van der Waals surface area contributed by atoms with E-state index in [1.54, 1.807) is 0 Å². The van der Waals surface area contributed by atoms with Crippen LogP contribution in [0.3, 0.4) is 0 Å². The van der Waals surface area contributed by atoms with E-state index in [1.165, 1.54) is 11.1 Å². The Bertz CT molecular complexity index is 682. The smallest absolute Gasteiger partial charge is 0.265 e. The molecule has 2 aromatic rings. The van der Waals surface area contributed by atoms with E-state index in [1.807, 2.05) is 0 Å². The Morgan fingerprint density at radius 2 is 1.84 bits per heavy atom. The van der Waals surface area contributed by atoms with Gasteiger partial charge in [0.15, 0.2) is 0 Å². The van der Waals surface area contributed by atoms with E-state index in [4.69, 9.17) is 0 Å². The van der Waals surface area contributed by atoms with Crippen molar-refractivity contribution < 1.29 is 0 Å². The molecule has 1 heterocycles. The highest BCUT2D eigenvalue weighted by molar-refractivity contribution is 9.10. The molecule has 0 aliphatic heterocycles. The van der Waals surface area contributed by atoms with Crippen LogP contribution in [0.5, 0.6) is 0 Å². The van der Waals surface area contributed by atoms with E-state index >= 15 is 0 Å². The van der Waals surface area contributed by atoms with Crippen LogP contribution in [0.2, 0.25) is 0 Å². The van der Waals surface area contributed by atoms with E-state index in [9.17, 15) is 4.79 Å². The first-order valence-corrected chi connectivity index (χ1v) is 7.22. The molecular formula is C15H15BrN2O. The third kappa shape index (κ3) is 2.50. The molecule has 0 unspecified atom stereocenters. The van der Waals surface area contributed by atoms with Gasteiger partial charge in [0.25, 0.3) is 5.56 Å². The van der Waals surface area contributed by atoms with Crippen molar-refractivity contribution in [2.75, 3.05) is 0 Å². The van der Waals surface area contributed by atoms with E-state index in [0.29, 0.717) is 16.2 Å².